The largest absolute Gasteiger partial charge is 0.496 e. The van der Waals surface area contributed by atoms with Gasteiger partial charge < -0.3 is 14.3 Å². The van der Waals surface area contributed by atoms with Crippen molar-refractivity contribution in [1.82, 2.24) is 0 Å². The Morgan fingerprint density at radius 1 is 0.941 bits per heavy atom. The molecule has 0 heterocycles. The quantitative estimate of drug-likeness (QED) is 0.309. The van der Waals surface area contributed by atoms with Crippen LogP contribution in [0.25, 0.3) is 0 Å². The number of carboxylic acid groups (broad SMARTS) is 1. The van der Waals surface area contributed by atoms with Crippen molar-refractivity contribution in [3.63, 3.8) is 0 Å². The number of aliphatic carboxylic acids is 1. The molecule has 34 heavy (non-hydrogen) atoms. The molecule has 4 nitrogen and oxygen atoms in total. The van der Waals surface area contributed by atoms with Crippen LogP contribution in [0.5, 0.6) is 5.75 Å². The summed E-state index contributed by atoms with van der Waals surface area (Å²) in [7, 11) is -1.01. The first kappa shape index (κ1) is 25.7. The molecular formula is C29H36O4Si. The van der Waals surface area contributed by atoms with Gasteiger partial charge in [0.25, 0.3) is 8.32 Å². The van der Waals surface area contributed by atoms with E-state index in [-0.39, 0.29) is 5.04 Å². The van der Waals surface area contributed by atoms with Gasteiger partial charge in [0.1, 0.15) is 5.75 Å². The smallest absolute Gasteiger partial charge is 0.310 e. The molecule has 0 aliphatic heterocycles. The maximum absolute atomic E-state index is 12.1. The standard InChI is InChI=1S/C29H36O4Si/c1-22-18-19-23(21-27(22)32-5)26(28(30)31)17-12-20-33-34(29(2,3)4,24-13-8-6-9-14-24)25-15-10-7-11-16-25/h6-11,13-16,18-19,21,26H,12,17,20H2,1-5H3,(H,30,31). The third-order valence-corrected chi connectivity index (χ3v) is 11.5. The van der Waals surface area contributed by atoms with Crippen molar-refractivity contribution in [3.8, 4) is 5.75 Å². The normalized spacial score (nSPS) is 12.9. The Labute approximate surface area is 204 Å². The van der Waals surface area contributed by atoms with Crippen LogP contribution in [0.2, 0.25) is 5.04 Å². The van der Waals surface area contributed by atoms with Crippen LogP contribution in [0.4, 0.5) is 0 Å². The highest BCUT2D eigenvalue weighted by atomic mass is 28.4. The lowest BCUT2D eigenvalue weighted by atomic mass is 9.93. The lowest BCUT2D eigenvalue weighted by molar-refractivity contribution is -0.139. The number of carboxylic acids is 1. The lowest BCUT2D eigenvalue weighted by Crippen LogP contribution is -2.66. The molecular weight excluding hydrogens is 440 g/mol. The lowest BCUT2D eigenvalue weighted by Gasteiger charge is -2.43. The van der Waals surface area contributed by atoms with E-state index < -0.39 is 20.2 Å². The van der Waals surface area contributed by atoms with E-state index in [1.165, 1.54) is 10.4 Å². The zero-order chi connectivity index (χ0) is 24.8. The summed E-state index contributed by atoms with van der Waals surface area (Å²) in [6, 6.07) is 26.7. The molecule has 180 valence electrons. The van der Waals surface area contributed by atoms with Crippen LogP contribution in [-0.4, -0.2) is 33.1 Å². The fourth-order valence-corrected chi connectivity index (χ4v) is 9.37. The molecule has 3 aromatic rings. The first-order valence-corrected chi connectivity index (χ1v) is 13.7. The molecule has 3 rings (SSSR count). The number of rotatable bonds is 10. The molecule has 5 heteroatoms. The SMILES string of the molecule is COc1cc(C(CCCO[Si](c2ccccc2)(c2ccccc2)C(C)(C)C)C(=O)O)ccc1C. The molecule has 0 bridgehead atoms. The molecule has 0 aliphatic rings. The summed E-state index contributed by atoms with van der Waals surface area (Å²) in [6.07, 6.45) is 1.15. The zero-order valence-corrected chi connectivity index (χ0v) is 21.9. The third kappa shape index (κ3) is 5.42. The van der Waals surface area contributed by atoms with Gasteiger partial charge in [0.05, 0.1) is 13.0 Å². The van der Waals surface area contributed by atoms with E-state index >= 15 is 0 Å². The molecule has 0 aromatic heterocycles. The molecule has 0 saturated heterocycles. The molecule has 1 atom stereocenters. The summed E-state index contributed by atoms with van der Waals surface area (Å²) in [5.74, 6) is -0.707. The fraction of sp³-hybridized carbons (Fsp3) is 0.345. The van der Waals surface area contributed by atoms with Gasteiger partial charge in [-0.1, -0.05) is 93.6 Å². The van der Waals surface area contributed by atoms with Crippen molar-refractivity contribution in [2.24, 2.45) is 0 Å². The predicted octanol–water partition coefficient (Wildman–Crippen LogP) is 5.53. The first-order valence-electron chi connectivity index (χ1n) is 11.8. The van der Waals surface area contributed by atoms with E-state index in [0.29, 0.717) is 25.2 Å². The Morgan fingerprint density at radius 2 is 1.50 bits per heavy atom. The number of ether oxygens (including phenoxy) is 1. The second-order valence-corrected chi connectivity index (χ2v) is 14.1. The number of hydrogen-bond donors (Lipinski definition) is 1. The minimum Gasteiger partial charge on any atom is -0.496 e. The number of aryl methyl sites for hydroxylation is 1. The molecule has 1 N–H and O–H groups in total. The predicted molar refractivity (Wildman–Crippen MR) is 141 cm³/mol. The Kier molecular flexibility index (Phi) is 8.34. The maximum Gasteiger partial charge on any atom is 0.310 e. The third-order valence-electron chi connectivity index (χ3n) is 6.51. The van der Waals surface area contributed by atoms with E-state index in [4.69, 9.17) is 9.16 Å². The first-order chi connectivity index (χ1) is 16.2. The van der Waals surface area contributed by atoms with E-state index in [1.54, 1.807) is 7.11 Å². The monoisotopic (exact) mass is 476 g/mol. The van der Waals surface area contributed by atoms with Gasteiger partial charge in [-0.15, -0.1) is 0 Å². The van der Waals surface area contributed by atoms with Crippen LogP contribution < -0.4 is 15.1 Å². The van der Waals surface area contributed by atoms with Crippen molar-refractivity contribution in [1.29, 1.82) is 0 Å². The van der Waals surface area contributed by atoms with Gasteiger partial charge in [0, 0.05) is 6.61 Å². The van der Waals surface area contributed by atoms with Crippen molar-refractivity contribution in [2.75, 3.05) is 13.7 Å². The molecule has 0 fully saturated rings. The molecule has 0 radical (unpaired) electrons. The van der Waals surface area contributed by atoms with E-state index in [0.717, 1.165) is 11.1 Å². The molecule has 0 aliphatic carbocycles. The molecule has 3 aromatic carbocycles. The average Bonchev–Trinajstić information content (AvgIpc) is 2.82. The fourth-order valence-electron chi connectivity index (χ4n) is 4.76. The summed E-state index contributed by atoms with van der Waals surface area (Å²) in [4.78, 5) is 12.1. The van der Waals surface area contributed by atoms with Crippen molar-refractivity contribution >= 4 is 24.7 Å². The van der Waals surface area contributed by atoms with Gasteiger partial charge in [0.15, 0.2) is 0 Å². The van der Waals surface area contributed by atoms with Crippen molar-refractivity contribution in [3.05, 3.63) is 90.0 Å². The number of benzene rings is 3. The van der Waals surface area contributed by atoms with Crippen LogP contribution >= 0.6 is 0 Å². The minimum absolute atomic E-state index is 0.105. The second-order valence-electron chi connectivity index (χ2n) is 9.77. The Hall–Kier alpha value is -2.89. The molecule has 1 unspecified atom stereocenters. The van der Waals surface area contributed by atoms with Crippen LogP contribution in [0, 0.1) is 6.92 Å². The van der Waals surface area contributed by atoms with E-state index in [9.17, 15) is 9.90 Å². The Morgan fingerprint density at radius 3 is 1.97 bits per heavy atom. The van der Waals surface area contributed by atoms with Gasteiger partial charge in [-0.25, -0.2) is 0 Å². The summed E-state index contributed by atoms with van der Waals surface area (Å²) in [6.45, 7) is 9.20. The van der Waals surface area contributed by atoms with Crippen LogP contribution in [0.1, 0.15) is 50.7 Å². The van der Waals surface area contributed by atoms with Crippen molar-refractivity contribution in [2.45, 2.75) is 51.5 Å². The number of methoxy groups -OCH3 is 1. The van der Waals surface area contributed by atoms with Crippen molar-refractivity contribution < 1.29 is 19.1 Å². The van der Waals surface area contributed by atoms with Gasteiger partial charge in [0.2, 0.25) is 0 Å². The van der Waals surface area contributed by atoms with Gasteiger partial charge >= 0.3 is 5.97 Å². The van der Waals surface area contributed by atoms with Crippen LogP contribution in [0.15, 0.2) is 78.9 Å². The minimum atomic E-state index is -2.62. The summed E-state index contributed by atoms with van der Waals surface area (Å²) in [5.41, 5.74) is 1.76. The van der Waals surface area contributed by atoms with E-state index in [2.05, 4.69) is 69.3 Å². The van der Waals surface area contributed by atoms with Crippen LogP contribution in [0.3, 0.4) is 0 Å². The van der Waals surface area contributed by atoms with E-state index in [1.807, 2.05) is 37.3 Å². The summed E-state index contributed by atoms with van der Waals surface area (Å²) >= 11 is 0. The molecule has 0 amide bonds. The molecule has 0 spiro atoms. The second kappa shape index (κ2) is 11.0. The Balaban J connectivity index is 1.85. The van der Waals surface area contributed by atoms with Gasteiger partial charge in [-0.05, 0) is 52.4 Å². The van der Waals surface area contributed by atoms with Gasteiger partial charge in [-0.2, -0.15) is 0 Å². The highest BCUT2D eigenvalue weighted by Gasteiger charge is 2.50. The highest BCUT2D eigenvalue weighted by Crippen LogP contribution is 2.37. The van der Waals surface area contributed by atoms with Crippen LogP contribution in [-0.2, 0) is 9.22 Å². The summed E-state index contributed by atoms with van der Waals surface area (Å²) < 4.78 is 12.3. The Bertz CT molecular complexity index is 1030. The number of hydrogen-bond acceptors (Lipinski definition) is 3. The zero-order valence-electron chi connectivity index (χ0n) is 20.9. The molecule has 0 saturated carbocycles. The summed E-state index contributed by atoms with van der Waals surface area (Å²) in [5, 5.41) is 12.3. The van der Waals surface area contributed by atoms with Gasteiger partial charge in [-0.3, -0.25) is 4.79 Å². The highest BCUT2D eigenvalue weighted by molar-refractivity contribution is 6.99. The topological polar surface area (TPSA) is 55.8 Å². The average molecular weight is 477 g/mol. The maximum atomic E-state index is 12.1. The number of carbonyl (C=O) groups is 1.